The summed E-state index contributed by atoms with van der Waals surface area (Å²) >= 11 is 0. The molecule has 0 N–H and O–H groups in total. The fourth-order valence-electron chi connectivity index (χ4n) is 6.67. The second-order valence-electron chi connectivity index (χ2n) is 12.4. The van der Waals surface area contributed by atoms with Gasteiger partial charge in [0.05, 0.1) is 0 Å². The Balaban J connectivity index is 1.69. The number of allylic oxidation sites excluding steroid dienone is 2. The zero-order valence-corrected chi connectivity index (χ0v) is 27.6. The molecule has 1 heterocycles. The SMILES string of the molecule is CC(=O)OC[C@H]1O[C@@H](C2C=CC(c3ccc(C(C)C)cc3)C3=C2C(=O)c2ccccc2C3=O)[C@H](OC(C)=O)[C@@H](OC(C)=O)[C@@H]1OC(C)=O. The Labute approximate surface area is 278 Å². The molecule has 0 bridgehead atoms. The summed E-state index contributed by atoms with van der Waals surface area (Å²) in [4.78, 5) is 77.7. The molecule has 48 heavy (non-hydrogen) atoms. The molecule has 0 aromatic heterocycles. The summed E-state index contributed by atoms with van der Waals surface area (Å²) in [5.74, 6) is -5.00. The molecule has 3 aliphatic rings. The Morgan fingerprint density at radius 2 is 1.23 bits per heavy atom. The van der Waals surface area contributed by atoms with Gasteiger partial charge in [-0.1, -0.05) is 74.5 Å². The van der Waals surface area contributed by atoms with Crippen molar-refractivity contribution in [3.63, 3.8) is 0 Å². The minimum atomic E-state index is -1.42. The second kappa shape index (κ2) is 14.1. The van der Waals surface area contributed by atoms with Crippen molar-refractivity contribution in [3.8, 4) is 0 Å². The van der Waals surface area contributed by atoms with E-state index in [0.717, 1.165) is 31.9 Å². The van der Waals surface area contributed by atoms with E-state index in [1.54, 1.807) is 36.4 Å². The molecule has 5 rings (SSSR count). The minimum absolute atomic E-state index is 0.139. The highest BCUT2D eigenvalue weighted by Crippen LogP contribution is 2.46. The Bertz CT molecular complexity index is 1700. The lowest BCUT2D eigenvalue weighted by Crippen LogP contribution is -2.64. The average Bonchev–Trinajstić information content (AvgIpc) is 3.03. The van der Waals surface area contributed by atoms with Crippen LogP contribution in [0.15, 0.2) is 71.8 Å². The molecule has 2 aromatic rings. The zero-order valence-electron chi connectivity index (χ0n) is 27.6. The van der Waals surface area contributed by atoms with Gasteiger partial charge < -0.3 is 23.7 Å². The van der Waals surface area contributed by atoms with Gasteiger partial charge in [-0.05, 0) is 17.0 Å². The van der Waals surface area contributed by atoms with Crippen LogP contribution in [0.2, 0.25) is 0 Å². The van der Waals surface area contributed by atoms with Gasteiger partial charge in [0.15, 0.2) is 29.9 Å². The summed E-state index contributed by atoms with van der Waals surface area (Å²) in [7, 11) is 0. The Morgan fingerprint density at radius 1 is 0.688 bits per heavy atom. The second-order valence-corrected chi connectivity index (χ2v) is 12.4. The smallest absolute Gasteiger partial charge is 0.303 e. The van der Waals surface area contributed by atoms with Gasteiger partial charge in [0.2, 0.25) is 0 Å². The van der Waals surface area contributed by atoms with Crippen LogP contribution in [0.25, 0.3) is 0 Å². The number of carbonyl (C=O) groups excluding carboxylic acids is 6. The number of Topliss-reactive ketones (excluding diaryl/α,β-unsaturated/α-hetero) is 2. The van der Waals surface area contributed by atoms with Crippen LogP contribution in [0.5, 0.6) is 0 Å². The molecule has 0 saturated carbocycles. The topological polar surface area (TPSA) is 149 Å². The van der Waals surface area contributed by atoms with Crippen molar-refractivity contribution in [3.05, 3.63) is 94.1 Å². The summed E-state index contributed by atoms with van der Waals surface area (Å²) in [6, 6.07) is 14.4. The van der Waals surface area contributed by atoms with Crippen LogP contribution >= 0.6 is 0 Å². The molecule has 11 heteroatoms. The maximum absolute atomic E-state index is 14.4. The molecule has 11 nitrogen and oxygen atoms in total. The number of rotatable bonds is 8. The zero-order chi connectivity index (χ0) is 34.9. The average molecular weight is 659 g/mol. The molecule has 1 fully saturated rings. The molecular weight excluding hydrogens is 620 g/mol. The maximum atomic E-state index is 14.4. The molecule has 2 aliphatic carbocycles. The van der Waals surface area contributed by atoms with Crippen LogP contribution in [0, 0.1) is 5.92 Å². The van der Waals surface area contributed by atoms with E-state index in [-0.39, 0.29) is 34.0 Å². The minimum Gasteiger partial charge on any atom is -0.463 e. The summed E-state index contributed by atoms with van der Waals surface area (Å²) in [6.45, 7) is 8.35. The van der Waals surface area contributed by atoms with Gasteiger partial charge in [0, 0.05) is 61.8 Å². The third kappa shape index (κ3) is 6.87. The van der Waals surface area contributed by atoms with E-state index >= 15 is 0 Å². The molecule has 2 unspecified atom stereocenters. The molecular formula is C37H38O11. The van der Waals surface area contributed by atoms with Gasteiger partial charge in [-0.2, -0.15) is 0 Å². The highest BCUT2D eigenvalue weighted by Gasteiger charge is 2.56. The number of carbonyl (C=O) groups is 6. The molecule has 7 atom stereocenters. The first-order valence-electron chi connectivity index (χ1n) is 15.8. The summed E-state index contributed by atoms with van der Waals surface area (Å²) in [6.07, 6.45) is -3.12. The van der Waals surface area contributed by atoms with Gasteiger partial charge in [0.25, 0.3) is 0 Å². The van der Waals surface area contributed by atoms with E-state index in [1.165, 1.54) is 6.92 Å². The highest BCUT2D eigenvalue weighted by molar-refractivity contribution is 6.28. The standard InChI is InChI=1S/C37H38O11/c1-18(2)23-11-13-24(14-12-23)25-15-16-28(31-30(25)32(42)26-9-7-8-10-27(26)33(31)43)34-36(46-21(5)40)37(47-22(6)41)35(45-20(4)39)29(48-34)17-44-19(3)38/h7-16,18,25,28-29,34-37H,17H2,1-6H3/t25?,28?,29-,34+,35-,36+,37+/m1/s1. The fraction of sp³-hybridized carbons (Fsp3) is 0.405. The van der Waals surface area contributed by atoms with Crippen LogP contribution in [-0.4, -0.2) is 72.6 Å². The Morgan fingerprint density at radius 3 is 1.77 bits per heavy atom. The van der Waals surface area contributed by atoms with Gasteiger partial charge in [0.1, 0.15) is 18.8 Å². The van der Waals surface area contributed by atoms with Crippen LogP contribution < -0.4 is 0 Å². The van der Waals surface area contributed by atoms with E-state index in [2.05, 4.69) is 13.8 Å². The third-order valence-electron chi connectivity index (χ3n) is 8.69. The fourth-order valence-corrected chi connectivity index (χ4v) is 6.67. The third-order valence-corrected chi connectivity index (χ3v) is 8.69. The number of ether oxygens (including phenoxy) is 5. The summed E-state index contributed by atoms with van der Waals surface area (Å²) in [5.41, 5.74) is 2.77. The molecule has 0 radical (unpaired) electrons. The van der Waals surface area contributed by atoms with Crippen molar-refractivity contribution < 1.29 is 52.5 Å². The van der Waals surface area contributed by atoms with E-state index in [0.29, 0.717) is 0 Å². The van der Waals surface area contributed by atoms with Crippen LogP contribution in [0.1, 0.15) is 85.2 Å². The first-order chi connectivity index (χ1) is 22.8. The number of fused-ring (bicyclic) bond motifs is 1. The molecule has 252 valence electrons. The number of ketones is 2. The predicted octanol–water partition coefficient (Wildman–Crippen LogP) is 4.58. The van der Waals surface area contributed by atoms with Crippen molar-refractivity contribution in [2.75, 3.05) is 6.61 Å². The molecule has 0 spiro atoms. The summed E-state index contributed by atoms with van der Waals surface area (Å²) in [5, 5.41) is 0. The lowest BCUT2D eigenvalue weighted by Gasteiger charge is -2.47. The normalized spacial score (nSPS) is 26.4. The molecule has 1 saturated heterocycles. The van der Waals surface area contributed by atoms with Crippen molar-refractivity contribution in [2.45, 2.75) is 83.9 Å². The monoisotopic (exact) mass is 658 g/mol. The highest BCUT2D eigenvalue weighted by atomic mass is 16.7. The molecule has 1 aliphatic heterocycles. The molecule has 2 aromatic carbocycles. The van der Waals surface area contributed by atoms with E-state index in [1.807, 2.05) is 24.3 Å². The van der Waals surface area contributed by atoms with Crippen LogP contribution in [0.3, 0.4) is 0 Å². The van der Waals surface area contributed by atoms with E-state index in [4.69, 9.17) is 23.7 Å². The number of esters is 4. The van der Waals surface area contributed by atoms with Crippen LogP contribution in [0.4, 0.5) is 0 Å². The first-order valence-corrected chi connectivity index (χ1v) is 15.8. The van der Waals surface area contributed by atoms with Gasteiger partial charge >= 0.3 is 23.9 Å². The predicted molar refractivity (Wildman–Crippen MR) is 170 cm³/mol. The maximum Gasteiger partial charge on any atom is 0.303 e. The number of hydrogen-bond acceptors (Lipinski definition) is 11. The molecule has 0 amide bonds. The van der Waals surface area contributed by atoms with Crippen molar-refractivity contribution in [1.29, 1.82) is 0 Å². The quantitative estimate of drug-likeness (QED) is 0.223. The number of benzene rings is 2. The van der Waals surface area contributed by atoms with Gasteiger partial charge in [-0.15, -0.1) is 0 Å². The van der Waals surface area contributed by atoms with Crippen molar-refractivity contribution in [2.24, 2.45) is 5.92 Å². The van der Waals surface area contributed by atoms with Gasteiger partial charge in [-0.25, -0.2) is 0 Å². The first kappa shape index (κ1) is 34.4. The van der Waals surface area contributed by atoms with Crippen molar-refractivity contribution in [1.82, 2.24) is 0 Å². The Kier molecular flexibility index (Phi) is 10.1. The van der Waals surface area contributed by atoms with Crippen LogP contribution in [-0.2, 0) is 42.9 Å². The van der Waals surface area contributed by atoms with Crippen molar-refractivity contribution >= 4 is 35.4 Å². The van der Waals surface area contributed by atoms with E-state index in [9.17, 15) is 28.8 Å². The Hall–Kier alpha value is -4.90. The lowest BCUT2D eigenvalue weighted by atomic mass is 9.67. The van der Waals surface area contributed by atoms with E-state index < -0.39 is 78.6 Å². The largest absolute Gasteiger partial charge is 0.463 e. The van der Waals surface area contributed by atoms with Gasteiger partial charge in [-0.3, -0.25) is 28.8 Å². The number of hydrogen-bond donors (Lipinski definition) is 0. The lowest BCUT2D eigenvalue weighted by molar-refractivity contribution is -0.256. The summed E-state index contributed by atoms with van der Waals surface area (Å²) < 4.78 is 28.6.